The second kappa shape index (κ2) is 10.8. The number of hydrogen-bond donors (Lipinski definition) is 0. The van der Waals surface area contributed by atoms with Crippen LogP contribution >= 0.6 is 0 Å². The van der Waals surface area contributed by atoms with Crippen molar-refractivity contribution in [3.63, 3.8) is 0 Å². The molecule has 9 aromatic carbocycles. The molecule has 11 rings (SSSR count). The molecular weight excluding hydrogens is 629 g/mol. The third-order valence-electron chi connectivity index (χ3n) is 9.20. The lowest BCUT2D eigenvalue weighted by molar-refractivity contribution is 0.660. The van der Waals surface area contributed by atoms with Crippen LogP contribution in [0.2, 0.25) is 0 Å². The molecule has 1 aliphatic carbocycles. The highest BCUT2D eigenvalue weighted by Crippen LogP contribution is 2.50. The van der Waals surface area contributed by atoms with Gasteiger partial charge in [0.05, 0.1) is 38.4 Å². The van der Waals surface area contributed by atoms with Gasteiger partial charge in [0.1, 0.15) is 11.2 Å². The Labute approximate surface area is 346 Å². The molecule has 52 heavy (non-hydrogen) atoms. The lowest BCUT2D eigenvalue weighted by Crippen LogP contribution is -2.14. The van der Waals surface area contributed by atoms with Crippen molar-refractivity contribution in [3.8, 4) is 44.5 Å². The molecule has 0 saturated heterocycles. The van der Waals surface area contributed by atoms with Crippen molar-refractivity contribution < 1.29 is 46.9 Å². The van der Waals surface area contributed by atoms with E-state index in [2.05, 4.69) is 0 Å². The maximum atomic E-state index is 10.0. The summed E-state index contributed by atoms with van der Waals surface area (Å²) in [6.07, 6.45) is 0. The SMILES string of the molecule is [2H]c1c([2H])c(-c2c([2H])c([2H])c3c(c2[2H])-c2c([2H])c([2H])c([2H])c([2H])c2C3(C)C([2H])([2H])[2H])c([2H])c(-c2c3c([2H])c([2H])c([2H])c([2H])c3c(-c3c([2H])c([2H])c4oc5c([2H])c([2H])c6c([2H])c([2H])c([2H])c([2H])c6c5c4c3[2H])c3c([2H])c([2H])c([2H])c([2H])c23)c1[2H]. The van der Waals surface area contributed by atoms with Crippen LogP contribution in [0.4, 0.5) is 0 Å². The van der Waals surface area contributed by atoms with Gasteiger partial charge < -0.3 is 4.42 Å². The van der Waals surface area contributed by atoms with Gasteiger partial charge in [-0.3, -0.25) is 0 Å². The van der Waals surface area contributed by atoms with Gasteiger partial charge in [0, 0.05) is 20.3 Å². The third kappa shape index (κ3) is 4.11. The molecule has 1 atom stereocenters. The Kier molecular flexibility index (Phi) is 2.50. The number of furan rings is 1. The zero-order valence-electron chi connectivity index (χ0n) is 57.4. The molecule has 1 heteroatoms. The minimum absolute atomic E-state index is 0.433. The molecule has 0 saturated carbocycles. The molecular formula is C51H34O. The standard InChI is InChI=1S/C51H34O/c1-51(2)44-21-10-9-16-37(44)42-29-33(22-25-45(42)51)32-13-11-14-34(28-32)48-38-17-5-7-19-40(38)49(41-20-8-6-18-39(41)48)35-24-26-46-43(30-35)50-36-15-4-3-12-31(36)23-27-47(50)52-46/h3-30H,1-2H3/i1D3,3D,4D,5D,6D,7D,8D,9D,10D,11D,12D,13D,14D,15D,16D,17D,18D,19D,20D,21D,22D,23D,24D,25D,26D,27D,28D,29D,30D. The summed E-state index contributed by atoms with van der Waals surface area (Å²) in [5.74, 6) is 0. The van der Waals surface area contributed by atoms with Crippen LogP contribution in [0, 0.1) is 0 Å². The molecule has 0 N–H and O–H groups in total. The second-order valence-electron chi connectivity index (χ2n) is 12.1. The van der Waals surface area contributed by atoms with Gasteiger partial charge in [-0.1, -0.05) is 153 Å². The molecule has 1 nitrogen and oxygen atoms in total. The Bertz CT molecular complexity index is 4740. The van der Waals surface area contributed by atoms with Crippen molar-refractivity contribution in [2.24, 2.45) is 0 Å². The van der Waals surface area contributed by atoms with Crippen LogP contribution in [-0.4, -0.2) is 0 Å². The average Bonchev–Trinajstić information content (AvgIpc) is 2.22. The first-order chi connectivity index (χ1) is 38.5. The van der Waals surface area contributed by atoms with Crippen molar-refractivity contribution in [2.45, 2.75) is 19.2 Å². The highest BCUT2D eigenvalue weighted by Gasteiger charge is 2.35. The van der Waals surface area contributed by atoms with E-state index in [0.29, 0.717) is 0 Å². The van der Waals surface area contributed by atoms with Gasteiger partial charge in [-0.15, -0.1) is 0 Å². The van der Waals surface area contributed by atoms with Gasteiger partial charge in [0.25, 0.3) is 0 Å². The summed E-state index contributed by atoms with van der Waals surface area (Å²) in [6, 6.07) is -27.0. The molecule has 1 unspecified atom stereocenters. The first-order valence-electron chi connectivity index (χ1n) is 31.2. The van der Waals surface area contributed by atoms with Crippen LogP contribution in [0.3, 0.4) is 0 Å². The van der Waals surface area contributed by atoms with E-state index in [0.717, 1.165) is 6.92 Å². The number of hydrogen-bond acceptors (Lipinski definition) is 1. The Hall–Kier alpha value is -6.44. The Balaban J connectivity index is 1.38. The lowest BCUT2D eigenvalue weighted by Gasteiger charge is -2.21. The fraction of sp³-hybridized carbons (Fsp3) is 0.0588. The summed E-state index contributed by atoms with van der Waals surface area (Å²) < 4.78 is 289. The van der Waals surface area contributed by atoms with E-state index < -0.39 is 291 Å². The maximum absolute atomic E-state index is 10.0. The molecule has 0 radical (unpaired) electrons. The van der Waals surface area contributed by atoms with Crippen molar-refractivity contribution >= 4 is 54.3 Å². The zero-order valence-corrected chi connectivity index (χ0v) is 26.4. The van der Waals surface area contributed by atoms with Crippen LogP contribution in [0.15, 0.2) is 174 Å². The Morgan fingerprint density at radius 3 is 1.77 bits per heavy atom. The first-order valence-corrected chi connectivity index (χ1v) is 15.7. The zero-order chi connectivity index (χ0) is 61.4. The molecule has 10 aromatic rings. The van der Waals surface area contributed by atoms with Gasteiger partial charge in [-0.05, 0) is 118 Å². The number of rotatable bonds is 3. The minimum Gasteiger partial charge on any atom is -0.456 e. The van der Waals surface area contributed by atoms with Crippen LogP contribution in [-0.2, 0) is 5.41 Å². The summed E-state index contributed by atoms with van der Waals surface area (Å²) in [5, 5.41) is -5.20. The summed E-state index contributed by atoms with van der Waals surface area (Å²) in [4.78, 5) is 0. The van der Waals surface area contributed by atoms with Crippen molar-refractivity contribution in [2.75, 3.05) is 0 Å². The molecule has 0 aliphatic heterocycles. The monoisotopic (exact) mass is 693 g/mol. The molecule has 0 fully saturated rings. The summed E-state index contributed by atoms with van der Waals surface area (Å²) in [6.45, 7) is -2.19. The Morgan fingerprint density at radius 2 is 1.02 bits per heavy atom. The normalized spacial score (nSPS) is 23.8. The Morgan fingerprint density at radius 1 is 0.442 bits per heavy atom. The second-order valence-corrected chi connectivity index (χ2v) is 12.1. The third-order valence-corrected chi connectivity index (χ3v) is 9.20. The summed E-state index contributed by atoms with van der Waals surface area (Å²) in [5.41, 5.74) is -11.3. The average molecular weight is 694 g/mol. The maximum Gasteiger partial charge on any atom is 0.136 e. The van der Waals surface area contributed by atoms with E-state index in [9.17, 15) is 19.2 Å². The van der Waals surface area contributed by atoms with Crippen LogP contribution in [0.5, 0.6) is 0 Å². The van der Waals surface area contributed by atoms with Crippen molar-refractivity contribution in [1.82, 2.24) is 0 Å². The minimum atomic E-state index is -3.24. The molecule has 0 bridgehead atoms. The topological polar surface area (TPSA) is 13.1 Å². The smallest absolute Gasteiger partial charge is 0.136 e. The van der Waals surface area contributed by atoms with E-state index in [1.54, 1.807) is 0 Å². The van der Waals surface area contributed by atoms with E-state index in [1.165, 1.54) is 0 Å². The first kappa shape index (κ1) is 12.1. The van der Waals surface area contributed by atoms with Gasteiger partial charge in [-0.2, -0.15) is 0 Å². The summed E-state index contributed by atoms with van der Waals surface area (Å²) in [7, 11) is 0. The van der Waals surface area contributed by atoms with Crippen molar-refractivity contribution in [1.29, 1.82) is 0 Å². The lowest BCUT2D eigenvalue weighted by atomic mass is 9.82. The highest BCUT2D eigenvalue weighted by molar-refractivity contribution is 6.23. The predicted molar refractivity (Wildman–Crippen MR) is 220 cm³/mol. The van der Waals surface area contributed by atoms with Crippen LogP contribution < -0.4 is 0 Å². The van der Waals surface area contributed by atoms with E-state index in [4.69, 9.17) is 27.7 Å². The molecule has 1 aliphatic rings. The fourth-order valence-electron chi connectivity index (χ4n) is 6.89. The van der Waals surface area contributed by atoms with Gasteiger partial charge in [-0.25, -0.2) is 0 Å². The van der Waals surface area contributed by atoms with Gasteiger partial charge in [0.2, 0.25) is 0 Å². The van der Waals surface area contributed by atoms with Crippen LogP contribution in [0.1, 0.15) is 67.4 Å². The number of benzene rings is 9. The van der Waals surface area contributed by atoms with E-state index in [1.807, 2.05) is 0 Å². The quantitative estimate of drug-likeness (QED) is 0.168. The van der Waals surface area contributed by atoms with E-state index in [-0.39, 0.29) is 0 Å². The molecule has 244 valence electrons. The van der Waals surface area contributed by atoms with Crippen LogP contribution in [0.25, 0.3) is 98.8 Å². The number of fused-ring (bicyclic) bond motifs is 10. The fourth-order valence-corrected chi connectivity index (χ4v) is 6.89. The molecule has 0 amide bonds. The molecule has 1 aromatic heterocycles. The molecule has 0 spiro atoms. The van der Waals surface area contributed by atoms with Crippen molar-refractivity contribution in [3.05, 3.63) is 180 Å². The molecule has 1 heterocycles. The highest BCUT2D eigenvalue weighted by atomic mass is 16.3. The van der Waals surface area contributed by atoms with E-state index >= 15 is 0 Å². The van der Waals surface area contributed by atoms with Gasteiger partial charge >= 0.3 is 0 Å². The summed E-state index contributed by atoms with van der Waals surface area (Å²) >= 11 is 0. The largest absolute Gasteiger partial charge is 0.456 e. The van der Waals surface area contributed by atoms with Gasteiger partial charge in [0.15, 0.2) is 0 Å². The predicted octanol–water partition coefficient (Wildman–Crippen LogP) is 14.4.